The molecule has 0 aromatic carbocycles. The van der Waals surface area contributed by atoms with Crippen molar-refractivity contribution < 1.29 is 18.7 Å². The molecule has 0 rings (SSSR count). The van der Waals surface area contributed by atoms with Crippen LogP contribution in [0.1, 0.15) is 20.3 Å². The van der Waals surface area contributed by atoms with Crippen LogP contribution in [-0.4, -0.2) is 17.7 Å². The van der Waals surface area contributed by atoms with Crippen molar-refractivity contribution in [1.82, 2.24) is 0 Å². The third-order valence-electron chi connectivity index (χ3n) is 1.08. The molecule has 0 radical (unpaired) electrons. The fraction of sp³-hybridized carbons (Fsp3) is 0.833. The Kier molecular flexibility index (Phi) is 3.38. The highest BCUT2D eigenvalue weighted by atomic mass is 19.3. The lowest BCUT2D eigenvalue weighted by atomic mass is 10.0. The van der Waals surface area contributed by atoms with Crippen LogP contribution >= 0.6 is 0 Å². The van der Waals surface area contributed by atoms with E-state index in [1.54, 1.807) is 0 Å². The Morgan fingerprint density at radius 1 is 1.73 bits per heavy atom. The molecule has 2 N–H and O–H groups in total. The first-order valence-electron chi connectivity index (χ1n) is 3.14. The molecule has 0 aliphatic rings. The summed E-state index contributed by atoms with van der Waals surface area (Å²) in [6.45, 7) is 2.50. The van der Waals surface area contributed by atoms with Crippen molar-refractivity contribution in [3.8, 4) is 0 Å². The molecule has 0 saturated heterocycles. The first kappa shape index (κ1) is 10.3. The fourth-order valence-corrected chi connectivity index (χ4v) is 0.663. The van der Waals surface area contributed by atoms with Gasteiger partial charge in [-0.05, 0) is 13.8 Å². The lowest BCUT2D eigenvalue weighted by Gasteiger charge is -2.16. The van der Waals surface area contributed by atoms with Crippen molar-refractivity contribution in [3.63, 3.8) is 0 Å². The zero-order valence-corrected chi connectivity index (χ0v) is 6.43. The average Bonchev–Trinajstić information content (AvgIpc) is 1.82. The van der Waals surface area contributed by atoms with Crippen LogP contribution in [-0.2, 0) is 9.74 Å². The fourth-order valence-electron chi connectivity index (χ4n) is 0.663. The van der Waals surface area contributed by atoms with Crippen molar-refractivity contribution in [3.05, 3.63) is 0 Å². The Bertz CT molecular complexity index is 144. The van der Waals surface area contributed by atoms with Gasteiger partial charge in [-0.15, -0.1) is 0 Å². The minimum absolute atomic E-state index is 0.254. The van der Waals surface area contributed by atoms with Crippen LogP contribution in [0.3, 0.4) is 0 Å². The molecule has 0 amide bonds. The van der Waals surface area contributed by atoms with E-state index >= 15 is 0 Å². The van der Waals surface area contributed by atoms with Gasteiger partial charge in [-0.2, -0.15) is 0 Å². The van der Waals surface area contributed by atoms with E-state index in [0.29, 0.717) is 0 Å². The smallest absolute Gasteiger partial charge is 0.318 e. The third-order valence-corrected chi connectivity index (χ3v) is 1.08. The van der Waals surface area contributed by atoms with Crippen LogP contribution in [0.2, 0.25) is 0 Å². The predicted octanol–water partition coefficient (Wildman–Crippen LogP) is 0.880. The Balaban J connectivity index is 3.87. The second-order valence-corrected chi connectivity index (χ2v) is 2.93. The summed E-state index contributed by atoms with van der Waals surface area (Å²) >= 11 is 0. The van der Waals surface area contributed by atoms with Crippen molar-refractivity contribution >= 4 is 5.97 Å². The summed E-state index contributed by atoms with van der Waals surface area (Å²) in [5.41, 5.74) is 3.47. The molecule has 1 unspecified atom stereocenters. The Hall–Kier alpha value is -0.710. The van der Waals surface area contributed by atoms with Gasteiger partial charge in [0.1, 0.15) is 11.7 Å². The lowest BCUT2D eigenvalue weighted by Crippen LogP contribution is -2.36. The Morgan fingerprint density at radius 3 is 2.45 bits per heavy atom. The molecule has 0 saturated carbocycles. The summed E-state index contributed by atoms with van der Waals surface area (Å²) in [7, 11) is 0. The topological polar surface area (TPSA) is 52.3 Å². The first-order chi connectivity index (χ1) is 4.87. The summed E-state index contributed by atoms with van der Waals surface area (Å²) < 4.78 is 23.9. The van der Waals surface area contributed by atoms with E-state index in [-0.39, 0.29) is 6.42 Å². The summed E-state index contributed by atoms with van der Waals surface area (Å²) in [4.78, 5) is 13.1. The van der Waals surface area contributed by atoms with Gasteiger partial charge in [0.15, 0.2) is 0 Å². The van der Waals surface area contributed by atoms with Crippen LogP contribution in [0.5, 0.6) is 0 Å². The standard InChI is InChI=1S/C6H11F2NO2/c1-6(2,7)3-4(9)5(10)11-8/h4H,3,9H2,1-2H3. The van der Waals surface area contributed by atoms with Gasteiger partial charge in [-0.3, -0.25) is 4.94 Å². The number of rotatable bonds is 3. The molecule has 0 heterocycles. The number of halogens is 2. The van der Waals surface area contributed by atoms with Crippen LogP contribution in [0, 0.1) is 0 Å². The summed E-state index contributed by atoms with van der Waals surface area (Å²) in [6, 6.07) is -1.24. The maximum absolute atomic E-state index is 12.7. The number of hydrogen-bond acceptors (Lipinski definition) is 3. The second kappa shape index (κ2) is 3.61. The van der Waals surface area contributed by atoms with Crippen molar-refractivity contribution in [2.24, 2.45) is 5.73 Å². The molecule has 0 aromatic rings. The minimum Gasteiger partial charge on any atom is -0.318 e. The predicted molar refractivity (Wildman–Crippen MR) is 35.0 cm³/mol. The molecule has 0 aliphatic carbocycles. The molecular formula is C6H11F2NO2. The van der Waals surface area contributed by atoms with Gasteiger partial charge in [-0.1, -0.05) is 0 Å². The average molecular weight is 167 g/mol. The van der Waals surface area contributed by atoms with E-state index in [9.17, 15) is 13.7 Å². The number of carbonyl (C=O) groups excluding carboxylic acids is 1. The van der Waals surface area contributed by atoms with Gasteiger partial charge in [0, 0.05) is 10.9 Å². The maximum Gasteiger partial charge on any atom is 0.365 e. The van der Waals surface area contributed by atoms with E-state index in [0.717, 1.165) is 0 Å². The first-order valence-corrected chi connectivity index (χ1v) is 3.14. The zero-order valence-electron chi connectivity index (χ0n) is 6.43. The van der Waals surface area contributed by atoms with E-state index < -0.39 is 17.7 Å². The van der Waals surface area contributed by atoms with E-state index in [1.165, 1.54) is 13.8 Å². The van der Waals surface area contributed by atoms with Gasteiger partial charge < -0.3 is 5.73 Å². The van der Waals surface area contributed by atoms with Crippen molar-refractivity contribution in [1.29, 1.82) is 0 Å². The highest BCUT2D eigenvalue weighted by molar-refractivity contribution is 5.74. The number of carbonyl (C=O) groups is 1. The molecule has 66 valence electrons. The van der Waals surface area contributed by atoms with E-state index in [1.807, 2.05) is 0 Å². The third kappa shape index (κ3) is 4.66. The SMILES string of the molecule is CC(C)(F)CC(N)C(=O)OF. The number of nitrogens with two attached hydrogens (primary N) is 1. The number of hydrogen-bond donors (Lipinski definition) is 1. The van der Waals surface area contributed by atoms with Crippen molar-refractivity contribution in [2.75, 3.05) is 0 Å². The summed E-state index contributed by atoms with van der Waals surface area (Å²) in [5.74, 6) is -1.24. The van der Waals surface area contributed by atoms with E-state index in [4.69, 9.17) is 5.73 Å². The van der Waals surface area contributed by atoms with Gasteiger partial charge in [0.2, 0.25) is 0 Å². The van der Waals surface area contributed by atoms with Gasteiger partial charge in [0.05, 0.1) is 0 Å². The molecule has 0 aliphatic heterocycles. The van der Waals surface area contributed by atoms with Crippen LogP contribution in [0.4, 0.5) is 8.92 Å². The zero-order chi connectivity index (χ0) is 9.07. The summed E-state index contributed by atoms with van der Waals surface area (Å²) in [5, 5.41) is 0. The molecule has 0 spiro atoms. The van der Waals surface area contributed by atoms with Crippen LogP contribution in [0.25, 0.3) is 0 Å². The van der Waals surface area contributed by atoms with Gasteiger partial charge in [0.25, 0.3) is 0 Å². The summed E-state index contributed by atoms with van der Waals surface area (Å²) in [6.07, 6.45) is -0.254. The van der Waals surface area contributed by atoms with Gasteiger partial charge >= 0.3 is 5.97 Å². The van der Waals surface area contributed by atoms with Crippen LogP contribution in [0.15, 0.2) is 0 Å². The lowest BCUT2D eigenvalue weighted by molar-refractivity contribution is -0.186. The highest BCUT2D eigenvalue weighted by Gasteiger charge is 2.26. The molecule has 0 bridgehead atoms. The largest absolute Gasteiger partial charge is 0.365 e. The molecule has 11 heavy (non-hydrogen) atoms. The highest BCUT2D eigenvalue weighted by Crippen LogP contribution is 2.15. The van der Waals surface area contributed by atoms with E-state index in [2.05, 4.69) is 4.94 Å². The molecule has 1 atom stereocenters. The molecule has 0 aromatic heterocycles. The maximum atomic E-state index is 12.7. The Morgan fingerprint density at radius 2 is 2.18 bits per heavy atom. The number of alkyl halides is 1. The quantitative estimate of drug-likeness (QED) is 0.678. The minimum atomic E-state index is -1.59. The molecule has 5 heteroatoms. The van der Waals surface area contributed by atoms with Crippen molar-refractivity contribution in [2.45, 2.75) is 32.0 Å². The molecular weight excluding hydrogens is 156 g/mol. The Labute approximate surface area is 63.4 Å². The molecule has 0 fully saturated rings. The van der Waals surface area contributed by atoms with Crippen LogP contribution < -0.4 is 5.73 Å². The second-order valence-electron chi connectivity index (χ2n) is 2.93. The molecule has 3 nitrogen and oxygen atoms in total. The monoisotopic (exact) mass is 167 g/mol. The van der Waals surface area contributed by atoms with Gasteiger partial charge in [-0.25, -0.2) is 9.18 Å². The normalized spacial score (nSPS) is 14.3.